The molecule has 0 saturated heterocycles. The van der Waals surface area contributed by atoms with Crippen LogP contribution in [0.15, 0.2) is 6.33 Å². The van der Waals surface area contributed by atoms with E-state index in [1.54, 1.807) is 6.26 Å². The van der Waals surface area contributed by atoms with Gasteiger partial charge in [-0.05, 0) is 6.92 Å². The fourth-order valence-electron chi connectivity index (χ4n) is 2.06. The van der Waals surface area contributed by atoms with Crippen molar-refractivity contribution in [3.8, 4) is 0 Å². The summed E-state index contributed by atoms with van der Waals surface area (Å²) in [5, 5.41) is 3.30. The minimum atomic E-state index is -0.745. The molecule has 4 nitrogen and oxygen atoms in total. The SMILES string of the molecule is CC(CS(C)=O)n1cnc2c1CCNC2. The first kappa shape index (κ1) is 10.8. The molecule has 2 rings (SSSR count). The van der Waals surface area contributed by atoms with Gasteiger partial charge in [-0.1, -0.05) is 0 Å². The van der Waals surface area contributed by atoms with Crippen molar-refractivity contribution in [2.24, 2.45) is 0 Å². The minimum Gasteiger partial charge on any atom is -0.331 e. The zero-order valence-corrected chi connectivity index (χ0v) is 10.0. The molecular formula is C10H17N3OS. The van der Waals surface area contributed by atoms with Crippen LogP contribution in [0, 0.1) is 0 Å². The number of fused-ring (bicyclic) bond motifs is 1. The summed E-state index contributed by atoms with van der Waals surface area (Å²) < 4.78 is 13.4. The average Bonchev–Trinajstić information content (AvgIpc) is 2.59. The van der Waals surface area contributed by atoms with Crippen molar-refractivity contribution >= 4 is 10.8 Å². The van der Waals surface area contributed by atoms with Gasteiger partial charge in [-0.3, -0.25) is 4.21 Å². The van der Waals surface area contributed by atoms with Crippen LogP contribution in [0.3, 0.4) is 0 Å². The van der Waals surface area contributed by atoms with E-state index in [1.807, 2.05) is 6.33 Å². The quantitative estimate of drug-likeness (QED) is 0.816. The number of nitrogens with one attached hydrogen (secondary N) is 1. The van der Waals surface area contributed by atoms with E-state index in [0.29, 0.717) is 5.75 Å². The normalized spacial score (nSPS) is 19.6. The van der Waals surface area contributed by atoms with Gasteiger partial charge >= 0.3 is 0 Å². The van der Waals surface area contributed by atoms with E-state index in [4.69, 9.17) is 0 Å². The Morgan fingerprint density at radius 3 is 3.27 bits per heavy atom. The largest absolute Gasteiger partial charge is 0.331 e. The zero-order chi connectivity index (χ0) is 10.8. The molecular weight excluding hydrogens is 210 g/mol. The molecule has 0 aliphatic carbocycles. The van der Waals surface area contributed by atoms with Crippen molar-refractivity contribution in [1.82, 2.24) is 14.9 Å². The number of hydrogen-bond acceptors (Lipinski definition) is 3. The summed E-state index contributed by atoms with van der Waals surface area (Å²) in [7, 11) is -0.745. The van der Waals surface area contributed by atoms with Gasteiger partial charge < -0.3 is 9.88 Å². The Labute approximate surface area is 92.5 Å². The lowest BCUT2D eigenvalue weighted by Crippen LogP contribution is -2.26. The summed E-state index contributed by atoms with van der Waals surface area (Å²) in [5.74, 6) is 0.705. The van der Waals surface area contributed by atoms with Crippen molar-refractivity contribution in [2.75, 3.05) is 18.6 Å². The highest BCUT2D eigenvalue weighted by molar-refractivity contribution is 7.84. The molecule has 0 fully saturated rings. The lowest BCUT2D eigenvalue weighted by atomic mass is 10.1. The standard InChI is InChI=1S/C10H17N3OS/c1-8(6-15(2)14)13-7-12-9-5-11-4-3-10(9)13/h7-8,11H,3-6H2,1-2H3. The molecule has 0 aromatic carbocycles. The summed E-state index contributed by atoms with van der Waals surface area (Å²) in [5.41, 5.74) is 2.46. The Bertz CT molecular complexity index is 375. The van der Waals surface area contributed by atoms with Crippen LogP contribution in [0.4, 0.5) is 0 Å². The maximum Gasteiger partial charge on any atom is 0.0955 e. The average molecular weight is 227 g/mol. The second-order valence-corrected chi connectivity index (χ2v) is 5.54. The van der Waals surface area contributed by atoms with Gasteiger partial charge in [0.15, 0.2) is 0 Å². The molecule has 2 atom stereocenters. The van der Waals surface area contributed by atoms with Crippen molar-refractivity contribution in [3.63, 3.8) is 0 Å². The monoisotopic (exact) mass is 227 g/mol. The smallest absolute Gasteiger partial charge is 0.0955 e. The maximum atomic E-state index is 11.2. The molecule has 2 unspecified atom stereocenters. The molecule has 1 aliphatic heterocycles. The van der Waals surface area contributed by atoms with Crippen LogP contribution in [0.5, 0.6) is 0 Å². The van der Waals surface area contributed by atoms with Gasteiger partial charge in [-0.25, -0.2) is 4.98 Å². The number of imidazole rings is 1. The first-order valence-corrected chi connectivity index (χ1v) is 6.96. The van der Waals surface area contributed by atoms with Crippen LogP contribution in [0.1, 0.15) is 24.4 Å². The molecule has 2 heterocycles. The molecule has 1 aliphatic rings. The molecule has 84 valence electrons. The van der Waals surface area contributed by atoms with Crippen LogP contribution in [0.2, 0.25) is 0 Å². The Kier molecular flexibility index (Phi) is 3.21. The van der Waals surface area contributed by atoms with Crippen molar-refractivity contribution in [3.05, 3.63) is 17.7 Å². The first-order chi connectivity index (χ1) is 7.18. The first-order valence-electron chi connectivity index (χ1n) is 5.24. The van der Waals surface area contributed by atoms with Crippen molar-refractivity contribution < 1.29 is 4.21 Å². The molecule has 1 aromatic rings. The second-order valence-electron chi connectivity index (χ2n) is 4.06. The van der Waals surface area contributed by atoms with E-state index in [-0.39, 0.29) is 6.04 Å². The molecule has 0 radical (unpaired) electrons. The van der Waals surface area contributed by atoms with Gasteiger partial charge in [0, 0.05) is 54.1 Å². The summed E-state index contributed by atoms with van der Waals surface area (Å²) in [6.45, 7) is 3.98. The summed E-state index contributed by atoms with van der Waals surface area (Å²) in [6, 6.07) is 0.283. The number of nitrogens with zero attached hydrogens (tertiary/aromatic N) is 2. The van der Waals surface area contributed by atoms with Crippen molar-refractivity contribution in [2.45, 2.75) is 25.9 Å². The molecule has 1 N–H and O–H groups in total. The van der Waals surface area contributed by atoms with Crippen molar-refractivity contribution in [1.29, 1.82) is 0 Å². The molecule has 1 aromatic heterocycles. The van der Waals surface area contributed by atoms with E-state index in [0.717, 1.165) is 25.2 Å². The summed E-state index contributed by atoms with van der Waals surface area (Å²) in [4.78, 5) is 4.39. The molecule has 0 spiro atoms. The van der Waals surface area contributed by atoms with E-state index in [9.17, 15) is 4.21 Å². The van der Waals surface area contributed by atoms with Gasteiger partial charge in [0.25, 0.3) is 0 Å². The summed E-state index contributed by atoms with van der Waals surface area (Å²) in [6.07, 6.45) is 4.66. The number of rotatable bonds is 3. The minimum absolute atomic E-state index is 0.283. The third-order valence-corrected chi connectivity index (χ3v) is 3.72. The Morgan fingerprint density at radius 2 is 2.53 bits per heavy atom. The lowest BCUT2D eigenvalue weighted by molar-refractivity contribution is 0.543. The van der Waals surface area contributed by atoms with E-state index < -0.39 is 10.8 Å². The van der Waals surface area contributed by atoms with Gasteiger partial charge in [0.1, 0.15) is 0 Å². The van der Waals surface area contributed by atoms with Crippen LogP contribution in [0.25, 0.3) is 0 Å². The predicted octanol–water partition coefficient (Wildman–Crippen LogP) is 0.468. The van der Waals surface area contributed by atoms with Crippen LogP contribution in [-0.2, 0) is 23.8 Å². The van der Waals surface area contributed by atoms with Crippen LogP contribution < -0.4 is 5.32 Å². The maximum absolute atomic E-state index is 11.2. The number of hydrogen-bond donors (Lipinski definition) is 1. The fourth-order valence-corrected chi connectivity index (χ4v) is 2.90. The lowest BCUT2D eigenvalue weighted by Gasteiger charge is -2.19. The van der Waals surface area contributed by atoms with Gasteiger partial charge in [-0.15, -0.1) is 0 Å². The van der Waals surface area contributed by atoms with Crippen LogP contribution in [-0.4, -0.2) is 32.3 Å². The van der Waals surface area contributed by atoms with Gasteiger partial charge in [0.05, 0.1) is 12.0 Å². The second kappa shape index (κ2) is 4.45. The van der Waals surface area contributed by atoms with Gasteiger partial charge in [0.2, 0.25) is 0 Å². The zero-order valence-electron chi connectivity index (χ0n) is 9.19. The topological polar surface area (TPSA) is 46.9 Å². The number of aromatic nitrogens is 2. The Balaban J connectivity index is 2.20. The molecule has 0 saturated carbocycles. The highest BCUT2D eigenvalue weighted by Gasteiger charge is 2.18. The third-order valence-electron chi connectivity index (χ3n) is 2.76. The predicted molar refractivity (Wildman–Crippen MR) is 61.3 cm³/mol. The highest BCUT2D eigenvalue weighted by atomic mass is 32.2. The van der Waals surface area contributed by atoms with E-state index >= 15 is 0 Å². The third kappa shape index (κ3) is 2.29. The molecule has 0 amide bonds. The van der Waals surface area contributed by atoms with E-state index in [2.05, 4.69) is 21.8 Å². The molecule has 15 heavy (non-hydrogen) atoms. The summed E-state index contributed by atoms with van der Waals surface area (Å²) >= 11 is 0. The highest BCUT2D eigenvalue weighted by Crippen LogP contribution is 2.17. The molecule has 5 heteroatoms. The van der Waals surface area contributed by atoms with Gasteiger partial charge in [-0.2, -0.15) is 0 Å². The fraction of sp³-hybridized carbons (Fsp3) is 0.700. The molecule has 0 bridgehead atoms. The van der Waals surface area contributed by atoms with E-state index in [1.165, 1.54) is 5.69 Å². The Morgan fingerprint density at radius 1 is 1.73 bits per heavy atom. The van der Waals surface area contributed by atoms with Crippen LogP contribution >= 0.6 is 0 Å². The Hall–Kier alpha value is -0.680.